The molecule has 0 saturated carbocycles. The maximum Gasteiger partial charge on any atom is 0.176 e. The fourth-order valence-corrected chi connectivity index (χ4v) is 2.58. The first-order chi connectivity index (χ1) is 8.79. The molecule has 0 spiro atoms. The highest BCUT2D eigenvalue weighted by atomic mass is 16.3. The monoisotopic (exact) mass is 241 g/mol. The third kappa shape index (κ3) is 1.72. The molecule has 92 valence electrons. The van der Waals surface area contributed by atoms with E-state index in [-0.39, 0.29) is 0 Å². The normalized spacial score (nSPS) is 14.2. The number of hydrogen-bond acceptors (Lipinski definition) is 3. The van der Waals surface area contributed by atoms with Gasteiger partial charge in [-0.2, -0.15) is 5.26 Å². The van der Waals surface area contributed by atoms with Gasteiger partial charge in [-0.3, -0.25) is 0 Å². The maximum absolute atomic E-state index is 8.88. The molecule has 4 heteroatoms. The Morgan fingerprint density at radius 2 is 2.33 bits per heavy atom. The molecule has 1 aliphatic heterocycles. The van der Waals surface area contributed by atoms with E-state index >= 15 is 0 Å². The van der Waals surface area contributed by atoms with Gasteiger partial charge in [-0.15, -0.1) is 0 Å². The number of fused-ring (bicyclic) bond motifs is 1. The molecule has 0 N–H and O–H groups in total. The number of nitrogens with zero attached hydrogens (tertiary/aromatic N) is 3. The molecule has 0 aliphatic carbocycles. The van der Waals surface area contributed by atoms with Crippen molar-refractivity contribution in [2.24, 2.45) is 0 Å². The molecule has 3 rings (SSSR count). The Balaban J connectivity index is 2.12. The average molecular weight is 241 g/mol. The van der Waals surface area contributed by atoms with Crippen molar-refractivity contribution in [2.75, 3.05) is 0 Å². The highest BCUT2D eigenvalue weighted by Gasteiger charge is 2.22. The van der Waals surface area contributed by atoms with Gasteiger partial charge < -0.3 is 8.98 Å². The van der Waals surface area contributed by atoms with Crippen LogP contribution in [-0.4, -0.2) is 9.55 Å². The highest BCUT2D eigenvalue weighted by molar-refractivity contribution is 5.51. The van der Waals surface area contributed by atoms with Crippen LogP contribution in [0.25, 0.3) is 11.6 Å². The van der Waals surface area contributed by atoms with Crippen LogP contribution in [0, 0.1) is 18.3 Å². The lowest BCUT2D eigenvalue weighted by molar-refractivity contribution is 0.510. The molecule has 0 amide bonds. The molecule has 1 aliphatic rings. The van der Waals surface area contributed by atoms with Crippen LogP contribution in [-0.2, 0) is 19.4 Å². The lowest BCUT2D eigenvalue weighted by atomic mass is 10.1. The minimum atomic E-state index is 0.384. The van der Waals surface area contributed by atoms with Gasteiger partial charge in [0.1, 0.15) is 5.76 Å². The number of aromatic nitrogens is 2. The van der Waals surface area contributed by atoms with Crippen molar-refractivity contribution in [1.29, 1.82) is 5.26 Å². The molecule has 0 atom stereocenters. The van der Waals surface area contributed by atoms with Crippen LogP contribution in [0.2, 0.25) is 0 Å². The number of furan rings is 1. The summed E-state index contributed by atoms with van der Waals surface area (Å²) < 4.78 is 7.88. The lowest BCUT2D eigenvalue weighted by Crippen LogP contribution is -2.11. The van der Waals surface area contributed by atoms with Crippen molar-refractivity contribution in [3.63, 3.8) is 0 Å². The zero-order valence-corrected chi connectivity index (χ0v) is 10.4. The molecule has 0 unspecified atom stereocenters. The molecule has 0 fully saturated rings. The summed E-state index contributed by atoms with van der Waals surface area (Å²) in [5, 5.41) is 8.88. The number of hydrogen-bond donors (Lipinski definition) is 0. The molecule has 0 bridgehead atoms. The predicted molar refractivity (Wildman–Crippen MR) is 66.9 cm³/mol. The van der Waals surface area contributed by atoms with Gasteiger partial charge in [0.2, 0.25) is 0 Å². The molecule has 4 nitrogen and oxygen atoms in total. The van der Waals surface area contributed by atoms with Crippen LogP contribution in [0.5, 0.6) is 0 Å². The van der Waals surface area contributed by atoms with Crippen LogP contribution in [0.15, 0.2) is 16.5 Å². The van der Waals surface area contributed by atoms with Gasteiger partial charge in [-0.05, 0) is 38.3 Å². The van der Waals surface area contributed by atoms with E-state index in [1.165, 1.54) is 18.5 Å². The van der Waals surface area contributed by atoms with Crippen molar-refractivity contribution in [3.8, 4) is 17.7 Å². The summed E-state index contributed by atoms with van der Waals surface area (Å²) in [7, 11) is 0. The second-order valence-corrected chi connectivity index (χ2v) is 4.68. The summed E-state index contributed by atoms with van der Waals surface area (Å²) in [5.41, 5.74) is 2.13. The zero-order chi connectivity index (χ0) is 12.5. The molecule has 2 aromatic rings. The predicted octanol–water partition coefficient (Wildman–Crippen LogP) is 2.85. The number of imidazole rings is 1. The molecule has 0 saturated heterocycles. The standard InChI is InChI=1S/C14H15N3O/c1-10-5-6-13(18-10)14-16-11(7-8-15)12-4-2-3-9-17(12)14/h5-6H,2-4,7,9H2,1H3. The molecule has 0 radical (unpaired) electrons. The summed E-state index contributed by atoms with van der Waals surface area (Å²) >= 11 is 0. The fraction of sp³-hybridized carbons (Fsp3) is 0.429. The maximum atomic E-state index is 8.88. The minimum absolute atomic E-state index is 0.384. The smallest absolute Gasteiger partial charge is 0.176 e. The van der Waals surface area contributed by atoms with Crippen LogP contribution in [0.4, 0.5) is 0 Å². The summed E-state index contributed by atoms with van der Waals surface area (Å²) in [6.07, 6.45) is 3.75. The van der Waals surface area contributed by atoms with Crippen molar-refractivity contribution in [3.05, 3.63) is 29.3 Å². The SMILES string of the molecule is Cc1ccc(-c2nc(CC#N)c3n2CCCC3)o1. The van der Waals surface area contributed by atoms with E-state index in [1.54, 1.807) is 0 Å². The van der Waals surface area contributed by atoms with E-state index in [2.05, 4.69) is 15.6 Å². The first kappa shape index (κ1) is 11.1. The molecular weight excluding hydrogens is 226 g/mol. The van der Waals surface area contributed by atoms with Gasteiger partial charge in [0.05, 0.1) is 18.2 Å². The quantitative estimate of drug-likeness (QED) is 0.812. The summed E-state index contributed by atoms with van der Waals surface area (Å²) in [5.74, 6) is 2.57. The Bertz CT molecular complexity index is 616. The van der Waals surface area contributed by atoms with Gasteiger partial charge >= 0.3 is 0 Å². The minimum Gasteiger partial charge on any atom is -0.458 e. The Kier molecular flexibility index (Phi) is 2.67. The van der Waals surface area contributed by atoms with Crippen molar-refractivity contribution in [1.82, 2.24) is 9.55 Å². The molecule has 18 heavy (non-hydrogen) atoms. The van der Waals surface area contributed by atoms with E-state index in [1.807, 2.05) is 19.1 Å². The summed E-state index contributed by atoms with van der Waals surface area (Å²) in [6.45, 7) is 2.91. The van der Waals surface area contributed by atoms with E-state index in [4.69, 9.17) is 9.68 Å². The molecule has 0 aromatic carbocycles. The first-order valence-electron chi connectivity index (χ1n) is 6.31. The number of rotatable bonds is 2. The van der Waals surface area contributed by atoms with Gasteiger partial charge in [-0.1, -0.05) is 0 Å². The molecule has 2 aromatic heterocycles. The third-order valence-corrected chi connectivity index (χ3v) is 3.41. The van der Waals surface area contributed by atoms with Gasteiger partial charge in [0, 0.05) is 12.2 Å². The first-order valence-corrected chi connectivity index (χ1v) is 6.31. The van der Waals surface area contributed by atoms with Crippen molar-refractivity contribution < 1.29 is 4.42 Å². The van der Waals surface area contributed by atoms with Crippen molar-refractivity contribution >= 4 is 0 Å². The molecular formula is C14H15N3O. The van der Waals surface area contributed by atoms with Crippen LogP contribution < -0.4 is 0 Å². The van der Waals surface area contributed by atoms with Gasteiger partial charge in [-0.25, -0.2) is 4.98 Å². The number of aryl methyl sites for hydroxylation is 1. The van der Waals surface area contributed by atoms with E-state index in [9.17, 15) is 0 Å². The topological polar surface area (TPSA) is 54.8 Å². The van der Waals surface area contributed by atoms with E-state index in [0.29, 0.717) is 6.42 Å². The zero-order valence-electron chi connectivity index (χ0n) is 10.4. The van der Waals surface area contributed by atoms with Crippen LogP contribution in [0.1, 0.15) is 30.0 Å². The van der Waals surface area contributed by atoms with Gasteiger partial charge in [0.15, 0.2) is 11.6 Å². The largest absolute Gasteiger partial charge is 0.458 e. The Morgan fingerprint density at radius 3 is 3.06 bits per heavy atom. The van der Waals surface area contributed by atoms with Crippen LogP contribution >= 0.6 is 0 Å². The molecule has 3 heterocycles. The van der Waals surface area contributed by atoms with Crippen molar-refractivity contribution in [2.45, 2.75) is 39.2 Å². The second kappa shape index (κ2) is 4.34. The van der Waals surface area contributed by atoms with Gasteiger partial charge in [0.25, 0.3) is 0 Å². The Morgan fingerprint density at radius 1 is 1.44 bits per heavy atom. The number of nitriles is 1. The average Bonchev–Trinajstić information content (AvgIpc) is 2.95. The third-order valence-electron chi connectivity index (χ3n) is 3.41. The highest BCUT2D eigenvalue weighted by Crippen LogP contribution is 2.28. The second-order valence-electron chi connectivity index (χ2n) is 4.68. The Labute approximate surface area is 106 Å². The lowest BCUT2D eigenvalue weighted by Gasteiger charge is -2.16. The Hall–Kier alpha value is -2.02. The van der Waals surface area contributed by atoms with E-state index in [0.717, 1.165) is 36.0 Å². The summed E-state index contributed by atoms with van der Waals surface area (Å²) in [4.78, 5) is 4.61. The summed E-state index contributed by atoms with van der Waals surface area (Å²) in [6, 6.07) is 6.10. The van der Waals surface area contributed by atoms with Crippen LogP contribution in [0.3, 0.4) is 0 Å². The van der Waals surface area contributed by atoms with E-state index < -0.39 is 0 Å². The fourth-order valence-electron chi connectivity index (χ4n) is 2.58.